The second kappa shape index (κ2) is 7.77. The molecule has 2 heterocycles. The van der Waals surface area contributed by atoms with Crippen LogP contribution in [0.1, 0.15) is 12.8 Å². The number of amides is 2. The number of likely N-dealkylation sites (tertiary alicyclic amines) is 1. The Kier molecular flexibility index (Phi) is 5.25. The van der Waals surface area contributed by atoms with E-state index in [1.165, 1.54) is 23.2 Å². The number of ether oxygens (including phenoxy) is 1. The molecule has 2 aromatic rings. The normalized spacial score (nSPS) is 14.0. The van der Waals surface area contributed by atoms with Crippen molar-refractivity contribution in [1.82, 2.24) is 9.88 Å². The van der Waals surface area contributed by atoms with Crippen LogP contribution in [0.2, 0.25) is 0 Å². The maximum atomic E-state index is 13.9. The number of urea groups is 1. The molecule has 140 valence electrons. The van der Waals surface area contributed by atoms with E-state index in [0.717, 1.165) is 18.2 Å². The van der Waals surface area contributed by atoms with Crippen LogP contribution in [0.3, 0.4) is 0 Å². The lowest BCUT2D eigenvalue weighted by Gasteiger charge is -2.25. The lowest BCUT2D eigenvalue weighted by atomic mass is 10.1. The molecule has 0 saturated carbocycles. The van der Waals surface area contributed by atoms with Gasteiger partial charge in [0.25, 0.3) is 5.69 Å². The number of carbonyl (C=O) groups is 2. The highest BCUT2D eigenvalue weighted by Gasteiger charge is 2.21. The molecule has 1 aromatic carbocycles. The first-order chi connectivity index (χ1) is 12.9. The molecular formula is C17H15FN4O5. The van der Waals surface area contributed by atoms with Gasteiger partial charge in [-0.25, -0.2) is 14.2 Å². The van der Waals surface area contributed by atoms with Crippen LogP contribution in [0.15, 0.2) is 36.5 Å². The van der Waals surface area contributed by atoms with E-state index in [-0.39, 0.29) is 28.8 Å². The summed E-state index contributed by atoms with van der Waals surface area (Å²) in [5.74, 6) is -0.570. The number of rotatable bonds is 4. The summed E-state index contributed by atoms with van der Waals surface area (Å²) >= 11 is 0. The first kappa shape index (κ1) is 18.2. The summed E-state index contributed by atoms with van der Waals surface area (Å²) in [6.45, 7) is 0.684. The molecule has 0 bridgehead atoms. The molecule has 0 aliphatic carbocycles. The molecule has 0 spiro atoms. The van der Waals surface area contributed by atoms with Gasteiger partial charge >= 0.3 is 6.03 Å². The molecular weight excluding hydrogens is 359 g/mol. The quantitative estimate of drug-likeness (QED) is 0.649. The molecule has 1 aliphatic heterocycles. The van der Waals surface area contributed by atoms with Crippen molar-refractivity contribution in [3.63, 3.8) is 0 Å². The van der Waals surface area contributed by atoms with Gasteiger partial charge in [-0.15, -0.1) is 0 Å². The average molecular weight is 374 g/mol. The van der Waals surface area contributed by atoms with E-state index in [0.29, 0.717) is 25.9 Å². The smallest absolute Gasteiger partial charge is 0.323 e. The van der Waals surface area contributed by atoms with Crippen molar-refractivity contribution in [2.45, 2.75) is 12.8 Å². The van der Waals surface area contributed by atoms with Crippen LogP contribution in [0, 0.1) is 15.9 Å². The number of anilines is 1. The van der Waals surface area contributed by atoms with Gasteiger partial charge in [-0.1, -0.05) is 0 Å². The van der Waals surface area contributed by atoms with Crippen molar-refractivity contribution in [3.8, 4) is 11.5 Å². The largest absolute Gasteiger partial charge is 0.454 e. The zero-order chi connectivity index (χ0) is 19.4. The number of hydrogen-bond acceptors (Lipinski definition) is 6. The Balaban J connectivity index is 1.68. The molecule has 0 radical (unpaired) electrons. The summed E-state index contributed by atoms with van der Waals surface area (Å²) in [6.07, 6.45) is 2.01. The van der Waals surface area contributed by atoms with Crippen molar-refractivity contribution < 1.29 is 23.6 Å². The van der Waals surface area contributed by atoms with Crippen LogP contribution < -0.4 is 10.1 Å². The van der Waals surface area contributed by atoms with Gasteiger partial charge in [0.2, 0.25) is 0 Å². The summed E-state index contributed by atoms with van der Waals surface area (Å²) in [5, 5.41) is 13.2. The molecule has 27 heavy (non-hydrogen) atoms. The number of Topliss-reactive ketones (excluding diaryl/α,β-unsaturated/α-hetero) is 1. The van der Waals surface area contributed by atoms with Crippen molar-refractivity contribution in [3.05, 3.63) is 52.5 Å². The van der Waals surface area contributed by atoms with Crippen LogP contribution in [0.5, 0.6) is 11.5 Å². The van der Waals surface area contributed by atoms with Crippen molar-refractivity contribution in [1.29, 1.82) is 0 Å². The number of nitrogens with zero attached hydrogens (tertiary/aromatic N) is 3. The second-order valence-electron chi connectivity index (χ2n) is 5.81. The summed E-state index contributed by atoms with van der Waals surface area (Å²) in [4.78, 5) is 38.9. The van der Waals surface area contributed by atoms with E-state index in [1.807, 2.05) is 0 Å². The molecule has 1 saturated heterocycles. The lowest BCUT2D eigenvalue weighted by molar-refractivity contribution is -0.385. The molecule has 1 aromatic heterocycles. The Morgan fingerprint density at radius 1 is 1.26 bits per heavy atom. The van der Waals surface area contributed by atoms with Crippen molar-refractivity contribution >= 4 is 23.3 Å². The minimum absolute atomic E-state index is 0.123. The van der Waals surface area contributed by atoms with E-state index < -0.39 is 16.8 Å². The molecule has 0 unspecified atom stereocenters. The number of carbonyl (C=O) groups excluding carboxylic acids is 2. The van der Waals surface area contributed by atoms with E-state index in [4.69, 9.17) is 4.74 Å². The minimum Gasteiger partial charge on any atom is -0.454 e. The fourth-order valence-corrected chi connectivity index (χ4v) is 2.50. The number of benzene rings is 1. The fourth-order valence-electron chi connectivity index (χ4n) is 2.50. The molecule has 9 nitrogen and oxygen atoms in total. The highest BCUT2D eigenvalue weighted by atomic mass is 19.1. The first-order valence-electron chi connectivity index (χ1n) is 8.08. The number of nitro groups is 1. The zero-order valence-corrected chi connectivity index (χ0v) is 14.1. The number of aromatic nitrogens is 1. The third-order valence-corrected chi connectivity index (χ3v) is 3.93. The number of ketones is 1. The van der Waals surface area contributed by atoms with Crippen LogP contribution in [0.25, 0.3) is 0 Å². The Morgan fingerprint density at radius 2 is 2.00 bits per heavy atom. The van der Waals surface area contributed by atoms with Gasteiger partial charge in [-0.3, -0.25) is 20.2 Å². The van der Waals surface area contributed by atoms with Crippen molar-refractivity contribution in [2.75, 3.05) is 18.4 Å². The SMILES string of the molecule is O=C1CCN(C(=O)Nc2cc(Oc3ccc([N+](=O)[O-])cc3F)ccn2)CC1. The van der Waals surface area contributed by atoms with Crippen LogP contribution >= 0.6 is 0 Å². The number of nitrogens with one attached hydrogen (secondary N) is 1. The maximum Gasteiger partial charge on any atom is 0.323 e. The molecule has 2 amide bonds. The van der Waals surface area contributed by atoms with E-state index in [9.17, 15) is 24.1 Å². The number of hydrogen-bond donors (Lipinski definition) is 1. The predicted molar refractivity (Wildman–Crippen MR) is 92.2 cm³/mol. The highest BCUT2D eigenvalue weighted by molar-refractivity contribution is 5.90. The van der Waals surface area contributed by atoms with Crippen LogP contribution in [0.4, 0.5) is 20.7 Å². The maximum absolute atomic E-state index is 13.9. The van der Waals surface area contributed by atoms with Gasteiger partial charge in [-0.05, 0) is 12.1 Å². The average Bonchev–Trinajstić information content (AvgIpc) is 2.64. The summed E-state index contributed by atoms with van der Waals surface area (Å²) in [6, 6.07) is 5.49. The number of non-ortho nitro benzene ring substituents is 1. The molecule has 1 N–H and O–H groups in total. The number of halogens is 1. The minimum atomic E-state index is -0.885. The predicted octanol–water partition coefficient (Wildman–Crippen LogP) is 3.12. The van der Waals surface area contributed by atoms with Gasteiger partial charge in [0, 0.05) is 44.3 Å². The summed E-state index contributed by atoms with van der Waals surface area (Å²) in [5.41, 5.74) is -0.387. The van der Waals surface area contributed by atoms with Gasteiger partial charge in [-0.2, -0.15) is 0 Å². The van der Waals surface area contributed by atoms with E-state index in [2.05, 4.69) is 10.3 Å². The Bertz CT molecular complexity index is 895. The Labute approximate surface area is 152 Å². The van der Waals surface area contributed by atoms with Crippen LogP contribution in [-0.4, -0.2) is 39.7 Å². The summed E-state index contributed by atoms with van der Waals surface area (Å²) in [7, 11) is 0. The molecule has 0 atom stereocenters. The first-order valence-corrected chi connectivity index (χ1v) is 8.08. The van der Waals surface area contributed by atoms with Crippen molar-refractivity contribution in [2.24, 2.45) is 0 Å². The molecule has 1 fully saturated rings. The molecule has 10 heteroatoms. The number of nitro benzene ring substituents is 1. The summed E-state index contributed by atoms with van der Waals surface area (Å²) < 4.78 is 19.3. The molecule has 1 aliphatic rings. The monoisotopic (exact) mass is 374 g/mol. The van der Waals surface area contributed by atoms with Gasteiger partial charge < -0.3 is 9.64 Å². The zero-order valence-electron chi connectivity index (χ0n) is 14.1. The second-order valence-corrected chi connectivity index (χ2v) is 5.81. The van der Waals surface area contributed by atoms with E-state index in [1.54, 1.807) is 0 Å². The Morgan fingerprint density at radius 3 is 2.67 bits per heavy atom. The standard InChI is InChI=1S/C17H15FN4O5/c18-14-9-11(22(25)26)1-2-15(14)27-13-3-6-19-16(10-13)20-17(24)21-7-4-12(23)5-8-21/h1-3,6,9-10H,4-5,7-8H2,(H,19,20,24). The topological polar surface area (TPSA) is 115 Å². The van der Waals surface area contributed by atoms with Crippen LogP contribution in [-0.2, 0) is 4.79 Å². The van der Waals surface area contributed by atoms with Gasteiger partial charge in [0.05, 0.1) is 11.0 Å². The fraction of sp³-hybridized carbons (Fsp3) is 0.235. The van der Waals surface area contributed by atoms with E-state index >= 15 is 0 Å². The highest BCUT2D eigenvalue weighted by Crippen LogP contribution is 2.28. The molecule has 3 rings (SSSR count). The third kappa shape index (κ3) is 4.54. The third-order valence-electron chi connectivity index (χ3n) is 3.93. The van der Waals surface area contributed by atoms with Gasteiger partial charge in [0.1, 0.15) is 17.4 Å². The number of piperidine rings is 1. The number of pyridine rings is 1. The van der Waals surface area contributed by atoms with Gasteiger partial charge in [0.15, 0.2) is 11.6 Å². The lowest BCUT2D eigenvalue weighted by Crippen LogP contribution is -2.41. The Hall–Kier alpha value is -3.56.